The van der Waals surface area contributed by atoms with Crippen LogP contribution in [0, 0.1) is 0 Å². The smallest absolute Gasteiger partial charge is 0.278 e. The lowest BCUT2D eigenvalue weighted by atomic mass is 9.78. The first-order chi connectivity index (χ1) is 16.5. The number of H-pyrrole nitrogens is 2. The number of fused-ring (bicyclic) bond motifs is 5. The number of anilines is 1. The van der Waals surface area contributed by atoms with Crippen LogP contribution in [0.25, 0.3) is 43.5 Å². The summed E-state index contributed by atoms with van der Waals surface area (Å²) >= 11 is 0. The summed E-state index contributed by atoms with van der Waals surface area (Å²) in [4.78, 5) is 26.5. The number of nitrogens with one attached hydrogen (secondary N) is 3. The van der Waals surface area contributed by atoms with Crippen LogP contribution in [0.3, 0.4) is 0 Å². The van der Waals surface area contributed by atoms with E-state index in [4.69, 9.17) is 4.74 Å². The molecule has 9 nitrogen and oxygen atoms in total. The molecule has 0 spiro atoms. The summed E-state index contributed by atoms with van der Waals surface area (Å²) in [5.41, 5.74) is 0.348. The Morgan fingerprint density at radius 2 is 1.82 bits per heavy atom. The molecule has 8 rings (SSSR count). The van der Waals surface area contributed by atoms with Gasteiger partial charge in [0.05, 0.1) is 6.33 Å². The lowest BCUT2D eigenvalue weighted by Gasteiger charge is -2.31. The number of aliphatic hydroxyl groups is 2. The number of benzene rings is 4. The summed E-state index contributed by atoms with van der Waals surface area (Å²) in [6.07, 6.45) is -1.56. The van der Waals surface area contributed by atoms with Gasteiger partial charge in [0.15, 0.2) is 16.9 Å². The Balaban J connectivity index is 1.43. The molecular weight excluding hydrogens is 434 g/mol. The Kier molecular flexibility index (Phi) is 3.19. The van der Waals surface area contributed by atoms with E-state index in [1.165, 1.54) is 6.33 Å². The number of nitrogens with zero attached hydrogens (tertiary/aromatic N) is 2. The van der Waals surface area contributed by atoms with Crippen LogP contribution < -0.4 is 10.9 Å². The average molecular weight is 451 g/mol. The van der Waals surface area contributed by atoms with Crippen molar-refractivity contribution < 1.29 is 14.9 Å². The molecule has 1 aliphatic heterocycles. The molecule has 0 radical (unpaired) electrons. The summed E-state index contributed by atoms with van der Waals surface area (Å²) in [5, 5.41) is 31.4. The minimum absolute atomic E-state index is 0.173. The van der Waals surface area contributed by atoms with Gasteiger partial charge in [-0.05, 0) is 43.9 Å². The van der Waals surface area contributed by atoms with Crippen LogP contribution in [0.2, 0.25) is 0 Å². The lowest BCUT2D eigenvalue weighted by molar-refractivity contribution is -0.000605. The first-order valence-corrected chi connectivity index (χ1v) is 11.0. The number of aliphatic hydroxyl groups excluding tert-OH is 2. The van der Waals surface area contributed by atoms with Gasteiger partial charge in [0.2, 0.25) is 5.95 Å². The maximum Gasteiger partial charge on any atom is 0.278 e. The first-order valence-electron chi connectivity index (χ1n) is 11.0. The van der Waals surface area contributed by atoms with Crippen molar-refractivity contribution in [3.05, 3.63) is 76.3 Å². The average Bonchev–Trinajstić information content (AvgIpc) is 3.36. The Labute approximate surface area is 190 Å². The molecule has 4 aromatic carbocycles. The third kappa shape index (κ3) is 2.12. The topological polar surface area (TPSA) is 139 Å². The van der Waals surface area contributed by atoms with Crippen LogP contribution in [-0.2, 0) is 10.5 Å². The highest BCUT2D eigenvalue weighted by molar-refractivity contribution is 6.24. The van der Waals surface area contributed by atoms with Crippen molar-refractivity contribution in [2.24, 2.45) is 0 Å². The summed E-state index contributed by atoms with van der Waals surface area (Å²) < 4.78 is 6.09. The molecule has 6 aromatic rings. The van der Waals surface area contributed by atoms with Crippen molar-refractivity contribution in [3.63, 3.8) is 0 Å². The van der Waals surface area contributed by atoms with E-state index in [9.17, 15) is 15.0 Å². The SMILES string of the molecule is O=c1[nH]c(N[C@]23O[C@H]2[C@H](O)[C@@H](O)c2cc4ccc5cccc6ccc(c23)c4c56)nc2nc[nH]c12. The number of aromatic amines is 2. The standard InChI is InChI=1S/C25H17N5O4/c31-19-14-8-12-5-4-10-2-1-3-11-6-7-13(16(12)15(10)11)17(14)25(21(34-25)20(19)32)30-24-28-22-18(23(33)29-24)26-9-27-22/h1-9,19-21,31-32H,(H3,26,27,28,29,30,33)/t19-,20+,21-,25+/m0/s1. The van der Waals surface area contributed by atoms with Crippen LogP contribution in [0.1, 0.15) is 17.2 Å². The van der Waals surface area contributed by atoms with Gasteiger partial charge in [-0.15, -0.1) is 0 Å². The predicted molar refractivity (Wildman–Crippen MR) is 126 cm³/mol. The Hall–Kier alpha value is -4.05. The van der Waals surface area contributed by atoms with Crippen LogP contribution in [0.15, 0.2) is 59.7 Å². The molecule has 5 N–H and O–H groups in total. The van der Waals surface area contributed by atoms with Crippen molar-refractivity contribution in [2.45, 2.75) is 24.0 Å². The van der Waals surface area contributed by atoms with E-state index < -0.39 is 24.0 Å². The number of ether oxygens (including phenoxy) is 1. The molecule has 2 aliphatic rings. The first kappa shape index (κ1) is 18.4. The maximum atomic E-state index is 12.5. The summed E-state index contributed by atoms with van der Waals surface area (Å²) in [5.74, 6) is 0.173. The molecule has 0 amide bonds. The van der Waals surface area contributed by atoms with E-state index >= 15 is 0 Å². The number of aromatic nitrogens is 4. The number of epoxide rings is 1. The second-order valence-corrected chi connectivity index (χ2v) is 9.05. The Morgan fingerprint density at radius 1 is 1.03 bits per heavy atom. The van der Waals surface area contributed by atoms with Crippen LogP contribution in [0.4, 0.5) is 5.95 Å². The molecule has 4 atom stereocenters. The highest BCUT2D eigenvalue weighted by Gasteiger charge is 2.68. The highest BCUT2D eigenvalue weighted by Crippen LogP contribution is 2.58. The molecule has 0 saturated carbocycles. The molecule has 0 bridgehead atoms. The summed E-state index contributed by atoms with van der Waals surface area (Å²) in [6.45, 7) is 0. The minimum atomic E-state index is -1.16. The number of rotatable bonds is 2. The van der Waals surface area contributed by atoms with E-state index in [0.717, 1.165) is 37.9 Å². The Morgan fingerprint density at radius 3 is 2.68 bits per heavy atom. The van der Waals surface area contributed by atoms with Crippen LogP contribution >= 0.6 is 0 Å². The van der Waals surface area contributed by atoms with Gasteiger partial charge in [0.1, 0.15) is 18.3 Å². The van der Waals surface area contributed by atoms with Crippen LogP contribution in [-0.4, -0.2) is 42.4 Å². The van der Waals surface area contributed by atoms with Crippen molar-refractivity contribution in [1.29, 1.82) is 0 Å². The normalized spacial score (nSPS) is 25.8. The molecule has 1 fully saturated rings. The maximum absolute atomic E-state index is 12.5. The van der Waals surface area contributed by atoms with Crippen molar-refractivity contribution >= 4 is 49.4 Å². The fourth-order valence-corrected chi connectivity index (χ4v) is 5.75. The quantitative estimate of drug-likeness (QED) is 0.201. The molecule has 2 aromatic heterocycles. The molecule has 0 unspecified atom stereocenters. The molecule has 1 saturated heterocycles. The zero-order chi connectivity index (χ0) is 22.8. The lowest BCUT2D eigenvalue weighted by Crippen LogP contribution is -2.40. The van der Waals surface area contributed by atoms with Gasteiger partial charge >= 0.3 is 0 Å². The Bertz CT molecular complexity index is 1840. The number of imidazole rings is 1. The third-order valence-electron chi connectivity index (χ3n) is 7.26. The molecule has 3 heterocycles. The fraction of sp³-hybridized carbons (Fsp3) is 0.160. The van der Waals surface area contributed by atoms with Gasteiger partial charge in [-0.2, -0.15) is 4.98 Å². The van der Waals surface area contributed by atoms with E-state index in [1.54, 1.807) is 0 Å². The number of hydrogen-bond acceptors (Lipinski definition) is 7. The summed E-state index contributed by atoms with van der Waals surface area (Å²) in [6, 6.07) is 16.3. The zero-order valence-electron chi connectivity index (χ0n) is 17.5. The van der Waals surface area contributed by atoms with E-state index in [-0.39, 0.29) is 22.7 Å². The van der Waals surface area contributed by atoms with Gasteiger partial charge in [-0.3, -0.25) is 9.78 Å². The van der Waals surface area contributed by atoms with Gasteiger partial charge in [-0.25, -0.2) is 4.98 Å². The molecule has 9 heteroatoms. The zero-order valence-corrected chi connectivity index (χ0v) is 17.5. The minimum Gasteiger partial charge on any atom is -0.387 e. The van der Waals surface area contributed by atoms with Gasteiger partial charge in [-0.1, -0.05) is 42.5 Å². The second kappa shape index (κ2) is 5.89. The molecular formula is C25H17N5O4. The van der Waals surface area contributed by atoms with Crippen molar-refractivity contribution in [2.75, 3.05) is 5.32 Å². The van der Waals surface area contributed by atoms with E-state index in [2.05, 4.69) is 49.5 Å². The van der Waals surface area contributed by atoms with E-state index in [0.29, 0.717) is 5.56 Å². The second-order valence-electron chi connectivity index (χ2n) is 9.05. The van der Waals surface area contributed by atoms with Gasteiger partial charge < -0.3 is 25.3 Å². The summed E-state index contributed by atoms with van der Waals surface area (Å²) in [7, 11) is 0. The van der Waals surface area contributed by atoms with Gasteiger partial charge in [0, 0.05) is 5.56 Å². The highest BCUT2D eigenvalue weighted by atomic mass is 16.6. The predicted octanol–water partition coefficient (Wildman–Crippen LogP) is 2.62. The third-order valence-corrected chi connectivity index (χ3v) is 7.26. The van der Waals surface area contributed by atoms with Crippen molar-refractivity contribution in [1.82, 2.24) is 19.9 Å². The van der Waals surface area contributed by atoms with E-state index in [1.807, 2.05) is 24.3 Å². The molecule has 1 aliphatic carbocycles. The van der Waals surface area contributed by atoms with Crippen molar-refractivity contribution in [3.8, 4) is 0 Å². The van der Waals surface area contributed by atoms with Crippen LogP contribution in [0.5, 0.6) is 0 Å². The largest absolute Gasteiger partial charge is 0.387 e. The number of hydrogen-bond donors (Lipinski definition) is 5. The fourth-order valence-electron chi connectivity index (χ4n) is 5.75. The monoisotopic (exact) mass is 451 g/mol. The molecule has 166 valence electrons. The van der Waals surface area contributed by atoms with Gasteiger partial charge in [0.25, 0.3) is 5.56 Å². The molecule has 34 heavy (non-hydrogen) atoms.